The minimum Gasteiger partial charge on any atom is -0.507 e. The second kappa shape index (κ2) is 10.2. The van der Waals surface area contributed by atoms with Crippen LogP contribution in [0.2, 0.25) is 0 Å². The number of methoxy groups -OCH3 is 1. The van der Waals surface area contributed by atoms with Crippen molar-refractivity contribution in [3.8, 4) is 28.4 Å². The Balaban J connectivity index is 1.23. The number of aromatic hydroxyl groups is 1. The first kappa shape index (κ1) is 23.5. The Labute approximate surface area is 208 Å². The summed E-state index contributed by atoms with van der Waals surface area (Å²) in [7, 11) is 1.47. The third-order valence-corrected chi connectivity index (χ3v) is 6.68. The van der Waals surface area contributed by atoms with Gasteiger partial charge in [-0.15, -0.1) is 0 Å². The maximum atomic E-state index is 13.0. The van der Waals surface area contributed by atoms with Crippen LogP contribution in [-0.2, 0) is 6.42 Å². The largest absolute Gasteiger partial charge is 0.507 e. The highest BCUT2D eigenvalue weighted by atomic mass is 16.6. The number of piperidine rings is 1. The summed E-state index contributed by atoms with van der Waals surface area (Å²) < 4.78 is 16.3. The van der Waals surface area contributed by atoms with E-state index in [1.165, 1.54) is 25.0 Å². The van der Waals surface area contributed by atoms with Crippen molar-refractivity contribution >= 4 is 17.1 Å². The lowest BCUT2D eigenvalue weighted by molar-refractivity contribution is 0.131. The van der Waals surface area contributed by atoms with Crippen molar-refractivity contribution in [3.63, 3.8) is 0 Å². The fourth-order valence-electron chi connectivity index (χ4n) is 4.66. The Morgan fingerprint density at radius 3 is 2.44 bits per heavy atom. The van der Waals surface area contributed by atoms with Crippen LogP contribution >= 0.6 is 0 Å². The van der Waals surface area contributed by atoms with Crippen LogP contribution in [0.1, 0.15) is 18.4 Å². The molecule has 4 aromatic rings. The summed E-state index contributed by atoms with van der Waals surface area (Å²) in [6.45, 7) is 1.33. The first-order valence-electron chi connectivity index (χ1n) is 12.0. The van der Waals surface area contributed by atoms with Gasteiger partial charge in [0.15, 0.2) is 0 Å². The molecule has 1 saturated heterocycles. The van der Waals surface area contributed by atoms with E-state index in [0.29, 0.717) is 41.6 Å². The number of benzene rings is 3. The lowest BCUT2D eigenvalue weighted by atomic mass is 9.90. The molecule has 0 radical (unpaired) electrons. The number of carbonyl (C=O) groups excluding carboxylic acids is 1. The molecule has 0 unspecified atom stereocenters. The highest BCUT2D eigenvalue weighted by Crippen LogP contribution is 2.31. The highest BCUT2D eigenvalue weighted by molar-refractivity contribution is 5.88. The first-order chi connectivity index (χ1) is 17.5. The normalized spacial score (nSPS) is 14.1. The molecule has 3 aromatic carbocycles. The van der Waals surface area contributed by atoms with E-state index in [2.05, 4.69) is 24.3 Å². The average Bonchev–Trinajstić information content (AvgIpc) is 2.90. The predicted octanol–water partition coefficient (Wildman–Crippen LogP) is 5.63. The van der Waals surface area contributed by atoms with E-state index in [9.17, 15) is 14.7 Å². The third-order valence-electron chi connectivity index (χ3n) is 6.68. The summed E-state index contributed by atoms with van der Waals surface area (Å²) in [6, 6.07) is 20.0. The second-order valence-corrected chi connectivity index (χ2v) is 9.01. The van der Waals surface area contributed by atoms with Gasteiger partial charge in [-0.3, -0.25) is 4.79 Å². The van der Waals surface area contributed by atoms with Crippen molar-refractivity contribution in [2.24, 2.45) is 5.92 Å². The lowest BCUT2D eigenvalue weighted by Gasteiger charge is -2.31. The maximum absolute atomic E-state index is 13.0. The zero-order valence-corrected chi connectivity index (χ0v) is 20.0. The van der Waals surface area contributed by atoms with Gasteiger partial charge >= 0.3 is 6.09 Å². The molecule has 0 spiro atoms. The molecule has 5 rings (SSSR count). The van der Waals surface area contributed by atoms with Crippen LogP contribution in [0.25, 0.3) is 22.1 Å². The number of hydrogen-bond donors (Lipinski definition) is 1. The Kier molecular flexibility index (Phi) is 6.62. The minimum absolute atomic E-state index is 0.0828. The number of phenols is 1. The zero-order valence-electron chi connectivity index (χ0n) is 20.0. The minimum atomic E-state index is -0.370. The third kappa shape index (κ3) is 4.91. The molecule has 0 saturated carbocycles. The van der Waals surface area contributed by atoms with E-state index < -0.39 is 0 Å². The number of phenolic OH excluding ortho intramolecular Hbond substituents is 1. The summed E-state index contributed by atoms with van der Waals surface area (Å²) in [5.41, 5.74) is 2.08. The summed E-state index contributed by atoms with van der Waals surface area (Å²) >= 11 is 0. The molecule has 1 aliphatic heterocycles. The molecule has 0 bridgehead atoms. The number of rotatable bonds is 5. The fraction of sp³-hybridized carbons (Fsp3) is 0.241. The van der Waals surface area contributed by atoms with Gasteiger partial charge in [-0.25, -0.2) is 4.79 Å². The number of hydrogen-bond acceptors (Lipinski definition) is 6. The molecule has 1 aliphatic rings. The molecule has 1 amide bonds. The smallest absolute Gasteiger partial charge is 0.415 e. The van der Waals surface area contributed by atoms with Crippen molar-refractivity contribution in [2.45, 2.75) is 19.3 Å². The van der Waals surface area contributed by atoms with E-state index in [-0.39, 0.29) is 28.2 Å². The van der Waals surface area contributed by atoms with E-state index in [1.807, 2.05) is 6.07 Å². The molecule has 2 heterocycles. The van der Waals surface area contributed by atoms with Gasteiger partial charge in [0.05, 0.1) is 12.7 Å². The van der Waals surface area contributed by atoms with E-state index >= 15 is 0 Å². The van der Waals surface area contributed by atoms with E-state index in [4.69, 9.17) is 13.9 Å². The van der Waals surface area contributed by atoms with Gasteiger partial charge in [-0.1, -0.05) is 42.5 Å². The van der Waals surface area contributed by atoms with Crippen LogP contribution in [0, 0.1) is 5.92 Å². The molecule has 1 N–H and O–H groups in total. The molecule has 0 aliphatic carbocycles. The van der Waals surface area contributed by atoms with Crippen molar-refractivity contribution in [2.75, 3.05) is 20.2 Å². The van der Waals surface area contributed by atoms with Crippen LogP contribution < -0.4 is 14.9 Å². The monoisotopic (exact) mass is 485 g/mol. The van der Waals surface area contributed by atoms with Gasteiger partial charge in [-0.05, 0) is 48.4 Å². The summed E-state index contributed by atoms with van der Waals surface area (Å²) in [6.07, 6.45) is 3.90. The van der Waals surface area contributed by atoms with Crippen LogP contribution in [0.3, 0.4) is 0 Å². The van der Waals surface area contributed by atoms with Crippen molar-refractivity contribution in [1.82, 2.24) is 4.90 Å². The quantitative estimate of drug-likeness (QED) is 0.394. The van der Waals surface area contributed by atoms with Crippen LogP contribution in [0.15, 0.2) is 82.2 Å². The first-order valence-corrected chi connectivity index (χ1v) is 12.0. The molecular formula is C29H27NO6. The molecule has 184 valence electrons. The molecule has 1 fully saturated rings. The van der Waals surface area contributed by atoms with Gasteiger partial charge in [0, 0.05) is 25.2 Å². The molecule has 7 nitrogen and oxygen atoms in total. The number of likely N-dealkylation sites (tertiary alicyclic amines) is 1. The molecular weight excluding hydrogens is 458 g/mol. The van der Waals surface area contributed by atoms with Gasteiger partial charge in [-0.2, -0.15) is 0 Å². The highest BCUT2D eigenvalue weighted by Gasteiger charge is 2.24. The topological polar surface area (TPSA) is 89.2 Å². The maximum Gasteiger partial charge on any atom is 0.415 e. The summed E-state index contributed by atoms with van der Waals surface area (Å²) in [4.78, 5) is 27.4. The lowest BCUT2D eigenvalue weighted by Crippen LogP contribution is -2.40. The number of ether oxygens (including phenoxy) is 2. The standard InChI is InChI=1S/C29H27NO6/c1-34-23-16-25(31)27-26(17-23)35-18-24(28(27)32)21-7-9-22(10-8-21)36-29(33)30-13-11-20(12-14-30)15-19-5-3-2-4-6-19/h2-10,16-18,20,31H,11-15H2,1H3. The molecule has 1 aromatic heterocycles. The average molecular weight is 486 g/mol. The van der Waals surface area contributed by atoms with Crippen molar-refractivity contribution in [3.05, 3.63) is 88.8 Å². The molecule has 36 heavy (non-hydrogen) atoms. The van der Waals surface area contributed by atoms with Crippen molar-refractivity contribution < 1.29 is 23.8 Å². The van der Waals surface area contributed by atoms with Gasteiger partial charge in [0.2, 0.25) is 5.43 Å². The molecule has 7 heteroatoms. The van der Waals surface area contributed by atoms with E-state index in [0.717, 1.165) is 19.3 Å². The Bertz CT molecular complexity index is 1420. The fourth-order valence-corrected chi connectivity index (χ4v) is 4.66. The van der Waals surface area contributed by atoms with Crippen molar-refractivity contribution in [1.29, 1.82) is 0 Å². The summed E-state index contributed by atoms with van der Waals surface area (Å²) in [5, 5.41) is 10.4. The van der Waals surface area contributed by atoms with Gasteiger partial charge < -0.3 is 23.9 Å². The zero-order chi connectivity index (χ0) is 25.1. The Morgan fingerprint density at radius 2 is 1.75 bits per heavy atom. The SMILES string of the molecule is COc1cc(O)c2c(=O)c(-c3ccc(OC(=O)N4CCC(Cc5ccccc5)CC4)cc3)coc2c1. The number of nitrogens with zero attached hydrogens (tertiary/aromatic N) is 1. The van der Waals surface area contributed by atoms with Crippen LogP contribution in [0.4, 0.5) is 4.79 Å². The second-order valence-electron chi connectivity index (χ2n) is 9.01. The molecule has 0 atom stereocenters. The van der Waals surface area contributed by atoms with Gasteiger partial charge in [0.1, 0.15) is 34.5 Å². The number of carbonyl (C=O) groups is 1. The predicted molar refractivity (Wildman–Crippen MR) is 137 cm³/mol. The van der Waals surface area contributed by atoms with Gasteiger partial charge in [0.25, 0.3) is 0 Å². The van der Waals surface area contributed by atoms with Crippen LogP contribution in [0.5, 0.6) is 17.2 Å². The van der Waals surface area contributed by atoms with E-state index in [1.54, 1.807) is 35.2 Å². The summed E-state index contributed by atoms with van der Waals surface area (Å²) in [5.74, 6) is 1.14. The Hall–Kier alpha value is -4.26. The number of fused-ring (bicyclic) bond motifs is 1. The Morgan fingerprint density at radius 1 is 1.03 bits per heavy atom. The number of amides is 1. The van der Waals surface area contributed by atoms with Crippen LogP contribution in [-0.4, -0.2) is 36.3 Å².